The number of aryl methyl sites for hydroxylation is 2. The van der Waals surface area contributed by atoms with Gasteiger partial charge in [-0.05, 0) is 62.4 Å². The molecule has 7 heteroatoms. The molecule has 0 spiro atoms. The fraction of sp³-hybridized carbons (Fsp3) is 0.0833. The lowest BCUT2D eigenvalue weighted by Gasteiger charge is -2.11. The maximum Gasteiger partial charge on any atom is 0.274 e. The molecule has 2 aromatic carbocycles. The van der Waals surface area contributed by atoms with Crippen LogP contribution in [0.4, 0.5) is 28.8 Å². The summed E-state index contributed by atoms with van der Waals surface area (Å²) < 4.78 is 0. The molecular weight excluding hydrogens is 388 g/mol. The van der Waals surface area contributed by atoms with Crippen molar-refractivity contribution in [2.75, 3.05) is 16.0 Å². The van der Waals surface area contributed by atoms with Crippen molar-refractivity contribution >= 4 is 34.7 Å². The molecule has 0 fully saturated rings. The number of anilines is 5. The second-order valence-electron chi connectivity index (χ2n) is 7.08. The van der Waals surface area contributed by atoms with E-state index in [0.717, 1.165) is 17.1 Å². The molecular formula is C24H22N6O. The van der Waals surface area contributed by atoms with E-state index in [2.05, 4.69) is 30.9 Å². The Morgan fingerprint density at radius 2 is 1.45 bits per heavy atom. The minimum absolute atomic E-state index is 0.250. The molecule has 0 radical (unpaired) electrons. The number of nitrogens with one attached hydrogen (secondary N) is 3. The van der Waals surface area contributed by atoms with Crippen molar-refractivity contribution < 1.29 is 4.79 Å². The van der Waals surface area contributed by atoms with E-state index in [0.29, 0.717) is 23.1 Å². The van der Waals surface area contributed by atoms with Crippen molar-refractivity contribution in [2.45, 2.75) is 13.8 Å². The number of aromatic nitrogens is 3. The summed E-state index contributed by atoms with van der Waals surface area (Å²) in [7, 11) is 0. The zero-order valence-electron chi connectivity index (χ0n) is 17.3. The summed E-state index contributed by atoms with van der Waals surface area (Å²) in [6.07, 6.45) is 1.59. The average molecular weight is 410 g/mol. The van der Waals surface area contributed by atoms with Crippen LogP contribution in [0.15, 0.2) is 79.0 Å². The number of benzene rings is 2. The highest BCUT2D eigenvalue weighted by Crippen LogP contribution is 2.21. The fourth-order valence-corrected chi connectivity index (χ4v) is 2.93. The topological polar surface area (TPSA) is 91.8 Å². The first-order valence-electron chi connectivity index (χ1n) is 9.84. The molecule has 1 amide bonds. The lowest BCUT2D eigenvalue weighted by Crippen LogP contribution is -2.13. The molecule has 31 heavy (non-hydrogen) atoms. The number of carbonyl (C=O) groups excluding carboxylic acids is 1. The van der Waals surface area contributed by atoms with E-state index in [1.807, 2.05) is 68.4 Å². The summed E-state index contributed by atoms with van der Waals surface area (Å²) in [6.45, 7) is 3.97. The predicted octanol–water partition coefficient (Wildman–Crippen LogP) is 5.23. The van der Waals surface area contributed by atoms with Gasteiger partial charge in [-0.1, -0.05) is 23.8 Å². The minimum atomic E-state index is -0.250. The standard InChI is InChI=1S/C24H22N6O/c1-16-6-8-20(9-7-16)29-24-26-17(2)15-22(30-24)27-18-10-12-19(13-11-18)28-23(31)21-5-3-4-14-25-21/h3-15H,1-2H3,(H,28,31)(H2,26,27,29,30). The van der Waals surface area contributed by atoms with Gasteiger partial charge in [0, 0.05) is 35.0 Å². The number of pyridine rings is 1. The van der Waals surface area contributed by atoms with E-state index in [-0.39, 0.29) is 5.91 Å². The minimum Gasteiger partial charge on any atom is -0.340 e. The molecule has 3 N–H and O–H groups in total. The molecule has 4 rings (SSSR count). The van der Waals surface area contributed by atoms with Crippen LogP contribution in [0, 0.1) is 13.8 Å². The molecule has 0 bridgehead atoms. The Kier molecular flexibility index (Phi) is 5.84. The Hall–Kier alpha value is -4.26. The number of rotatable bonds is 6. The van der Waals surface area contributed by atoms with Gasteiger partial charge in [0.25, 0.3) is 5.91 Å². The summed E-state index contributed by atoms with van der Waals surface area (Å²) in [4.78, 5) is 25.3. The Morgan fingerprint density at radius 1 is 0.774 bits per heavy atom. The summed E-state index contributed by atoms with van der Waals surface area (Å²) in [5.41, 5.74) is 4.85. The van der Waals surface area contributed by atoms with Crippen molar-refractivity contribution in [1.29, 1.82) is 0 Å². The zero-order chi connectivity index (χ0) is 21.6. The van der Waals surface area contributed by atoms with Gasteiger partial charge in [0.15, 0.2) is 0 Å². The Balaban J connectivity index is 1.43. The second-order valence-corrected chi connectivity index (χ2v) is 7.08. The third-order valence-corrected chi connectivity index (χ3v) is 4.47. The van der Waals surface area contributed by atoms with Gasteiger partial charge in [-0.25, -0.2) is 4.98 Å². The third-order valence-electron chi connectivity index (χ3n) is 4.47. The Labute approximate surface area is 180 Å². The average Bonchev–Trinajstić information content (AvgIpc) is 2.77. The molecule has 7 nitrogen and oxygen atoms in total. The quantitative estimate of drug-likeness (QED) is 0.403. The SMILES string of the molecule is Cc1ccc(Nc2nc(C)cc(Nc3ccc(NC(=O)c4ccccn4)cc3)n2)cc1. The number of carbonyl (C=O) groups is 1. The summed E-state index contributed by atoms with van der Waals surface area (Å²) in [5.74, 6) is 0.942. The molecule has 0 aliphatic rings. The molecule has 154 valence electrons. The van der Waals surface area contributed by atoms with Crippen LogP contribution >= 0.6 is 0 Å². The molecule has 0 aliphatic carbocycles. The van der Waals surface area contributed by atoms with Gasteiger partial charge in [-0.2, -0.15) is 4.98 Å². The number of nitrogens with zero attached hydrogens (tertiary/aromatic N) is 3. The van der Waals surface area contributed by atoms with Crippen molar-refractivity contribution in [1.82, 2.24) is 15.0 Å². The number of hydrogen-bond donors (Lipinski definition) is 3. The van der Waals surface area contributed by atoms with Gasteiger partial charge in [-0.15, -0.1) is 0 Å². The van der Waals surface area contributed by atoms with Gasteiger partial charge in [0.1, 0.15) is 11.5 Å². The molecule has 2 aromatic heterocycles. The highest BCUT2D eigenvalue weighted by molar-refractivity contribution is 6.02. The highest BCUT2D eigenvalue weighted by atomic mass is 16.1. The van der Waals surface area contributed by atoms with Crippen LogP contribution in [-0.4, -0.2) is 20.9 Å². The van der Waals surface area contributed by atoms with Gasteiger partial charge in [0.05, 0.1) is 0 Å². The molecule has 2 heterocycles. The molecule has 0 saturated carbocycles. The van der Waals surface area contributed by atoms with Crippen LogP contribution < -0.4 is 16.0 Å². The second kappa shape index (κ2) is 9.04. The first-order chi connectivity index (χ1) is 15.0. The van der Waals surface area contributed by atoms with Crippen molar-refractivity contribution in [3.05, 3.63) is 95.9 Å². The normalized spacial score (nSPS) is 10.4. The van der Waals surface area contributed by atoms with Crippen LogP contribution in [0.2, 0.25) is 0 Å². The predicted molar refractivity (Wildman–Crippen MR) is 123 cm³/mol. The van der Waals surface area contributed by atoms with E-state index < -0.39 is 0 Å². The third kappa shape index (κ3) is 5.42. The molecule has 0 saturated heterocycles. The Bertz CT molecular complexity index is 1180. The van der Waals surface area contributed by atoms with E-state index in [9.17, 15) is 4.79 Å². The smallest absolute Gasteiger partial charge is 0.274 e. The molecule has 0 aliphatic heterocycles. The van der Waals surface area contributed by atoms with E-state index >= 15 is 0 Å². The number of amides is 1. The van der Waals surface area contributed by atoms with Gasteiger partial charge in [0.2, 0.25) is 5.95 Å². The van der Waals surface area contributed by atoms with Crippen molar-refractivity contribution in [3.63, 3.8) is 0 Å². The lowest BCUT2D eigenvalue weighted by molar-refractivity contribution is 0.102. The first kappa shape index (κ1) is 20.0. The molecule has 4 aromatic rings. The largest absolute Gasteiger partial charge is 0.340 e. The summed E-state index contributed by atoms with van der Waals surface area (Å²) in [6, 6.07) is 22.5. The van der Waals surface area contributed by atoms with Crippen molar-refractivity contribution in [2.24, 2.45) is 0 Å². The van der Waals surface area contributed by atoms with Gasteiger partial charge in [-0.3, -0.25) is 9.78 Å². The zero-order valence-corrected chi connectivity index (χ0v) is 17.3. The Morgan fingerprint density at radius 3 is 2.16 bits per heavy atom. The van der Waals surface area contributed by atoms with Crippen LogP contribution in [0.1, 0.15) is 21.7 Å². The van der Waals surface area contributed by atoms with Gasteiger partial charge >= 0.3 is 0 Å². The van der Waals surface area contributed by atoms with Crippen LogP contribution in [0.5, 0.6) is 0 Å². The summed E-state index contributed by atoms with van der Waals surface area (Å²) >= 11 is 0. The maximum atomic E-state index is 12.2. The highest BCUT2D eigenvalue weighted by Gasteiger charge is 2.07. The van der Waals surface area contributed by atoms with E-state index in [1.165, 1.54) is 5.56 Å². The van der Waals surface area contributed by atoms with Crippen molar-refractivity contribution in [3.8, 4) is 0 Å². The van der Waals surface area contributed by atoms with Crippen LogP contribution in [0.25, 0.3) is 0 Å². The lowest BCUT2D eigenvalue weighted by atomic mass is 10.2. The molecule has 0 unspecified atom stereocenters. The monoisotopic (exact) mass is 410 g/mol. The van der Waals surface area contributed by atoms with Crippen LogP contribution in [0.3, 0.4) is 0 Å². The number of hydrogen-bond acceptors (Lipinski definition) is 6. The maximum absolute atomic E-state index is 12.2. The molecule has 0 atom stereocenters. The summed E-state index contributed by atoms with van der Waals surface area (Å²) in [5, 5.41) is 9.34. The van der Waals surface area contributed by atoms with E-state index in [4.69, 9.17) is 0 Å². The van der Waals surface area contributed by atoms with E-state index in [1.54, 1.807) is 24.4 Å². The van der Waals surface area contributed by atoms with Crippen LogP contribution in [-0.2, 0) is 0 Å². The van der Waals surface area contributed by atoms with Gasteiger partial charge < -0.3 is 16.0 Å². The fourth-order valence-electron chi connectivity index (χ4n) is 2.93. The first-order valence-corrected chi connectivity index (χ1v) is 9.84.